The lowest BCUT2D eigenvalue weighted by Gasteiger charge is -2.05. The van der Waals surface area contributed by atoms with E-state index in [4.69, 9.17) is 9.15 Å². The molecule has 7 heteroatoms. The Morgan fingerprint density at radius 1 is 0.966 bits per heavy atom. The number of anilines is 2. The van der Waals surface area contributed by atoms with Crippen LogP contribution >= 0.6 is 0 Å². The quantitative estimate of drug-likeness (QED) is 0.512. The largest absolute Gasteiger partial charge is 0.497 e. The number of aromatic nitrogens is 4. The average Bonchev–Trinajstić information content (AvgIpc) is 3.22. The summed E-state index contributed by atoms with van der Waals surface area (Å²) in [6.07, 6.45) is 7.10. The number of rotatable bonds is 6. The molecular weight excluding hydrogens is 366 g/mol. The molecule has 4 rings (SSSR count). The maximum absolute atomic E-state index is 5.82. The molecule has 0 amide bonds. The van der Waals surface area contributed by atoms with Gasteiger partial charge in [0.2, 0.25) is 11.8 Å². The van der Waals surface area contributed by atoms with E-state index in [9.17, 15) is 0 Å². The first-order chi connectivity index (χ1) is 14.2. The topological polar surface area (TPSA) is 86.0 Å². The van der Waals surface area contributed by atoms with E-state index < -0.39 is 0 Å². The number of hydrogen-bond donors (Lipinski definition) is 1. The normalized spacial score (nSPS) is 11.0. The summed E-state index contributed by atoms with van der Waals surface area (Å²) < 4.78 is 11.0. The third kappa shape index (κ3) is 4.65. The van der Waals surface area contributed by atoms with E-state index in [0.717, 1.165) is 17.0 Å². The first-order valence-electron chi connectivity index (χ1n) is 9.02. The zero-order valence-electron chi connectivity index (χ0n) is 16.0. The predicted octanol–water partition coefficient (Wildman–Crippen LogP) is 4.76. The van der Waals surface area contributed by atoms with Crippen molar-refractivity contribution in [2.24, 2.45) is 0 Å². The molecule has 0 spiro atoms. The maximum Gasteiger partial charge on any atom is 0.228 e. The van der Waals surface area contributed by atoms with Gasteiger partial charge in [0.15, 0.2) is 5.76 Å². The SMILES string of the molecule is COc1ccc(C=Cc2ncc(-c3cccc(Nc4nccc(C)n4)n3)o2)cc1. The molecule has 0 saturated carbocycles. The van der Waals surface area contributed by atoms with Crippen LogP contribution in [-0.2, 0) is 0 Å². The number of aryl methyl sites for hydroxylation is 1. The van der Waals surface area contributed by atoms with Crippen molar-refractivity contribution in [3.8, 4) is 17.2 Å². The Kier molecular flexibility index (Phi) is 5.29. The van der Waals surface area contributed by atoms with E-state index in [1.807, 2.05) is 67.6 Å². The van der Waals surface area contributed by atoms with Gasteiger partial charge in [-0.3, -0.25) is 0 Å². The molecule has 0 radical (unpaired) electrons. The van der Waals surface area contributed by atoms with Crippen LogP contribution in [0.3, 0.4) is 0 Å². The fourth-order valence-corrected chi connectivity index (χ4v) is 2.63. The molecule has 1 aromatic carbocycles. The Balaban J connectivity index is 1.49. The summed E-state index contributed by atoms with van der Waals surface area (Å²) in [5, 5.41) is 3.10. The number of hydrogen-bond acceptors (Lipinski definition) is 7. The molecule has 3 heterocycles. The molecule has 1 N–H and O–H groups in total. The number of nitrogens with zero attached hydrogens (tertiary/aromatic N) is 4. The molecule has 0 aliphatic rings. The number of ether oxygens (including phenoxy) is 1. The van der Waals surface area contributed by atoms with Crippen molar-refractivity contribution in [2.45, 2.75) is 6.92 Å². The van der Waals surface area contributed by atoms with Crippen LogP contribution in [0.2, 0.25) is 0 Å². The van der Waals surface area contributed by atoms with Crippen molar-refractivity contribution in [2.75, 3.05) is 12.4 Å². The van der Waals surface area contributed by atoms with Crippen LogP contribution in [0, 0.1) is 6.92 Å². The van der Waals surface area contributed by atoms with Gasteiger partial charge < -0.3 is 14.5 Å². The monoisotopic (exact) mass is 385 g/mol. The van der Waals surface area contributed by atoms with E-state index >= 15 is 0 Å². The Labute approximate surface area is 168 Å². The first kappa shape index (κ1) is 18.4. The van der Waals surface area contributed by atoms with Crippen LogP contribution in [0.1, 0.15) is 17.1 Å². The smallest absolute Gasteiger partial charge is 0.228 e. The van der Waals surface area contributed by atoms with Crippen molar-refractivity contribution < 1.29 is 9.15 Å². The second kappa shape index (κ2) is 8.35. The van der Waals surface area contributed by atoms with Crippen LogP contribution in [0.25, 0.3) is 23.6 Å². The summed E-state index contributed by atoms with van der Waals surface area (Å²) in [6, 6.07) is 15.2. The minimum absolute atomic E-state index is 0.496. The zero-order valence-corrected chi connectivity index (χ0v) is 16.0. The molecule has 144 valence electrons. The lowest BCUT2D eigenvalue weighted by Crippen LogP contribution is -1.99. The minimum atomic E-state index is 0.496. The molecule has 0 aliphatic heterocycles. The summed E-state index contributed by atoms with van der Waals surface area (Å²) in [4.78, 5) is 17.4. The van der Waals surface area contributed by atoms with Gasteiger partial charge in [0.25, 0.3) is 0 Å². The molecule has 0 atom stereocenters. The van der Waals surface area contributed by atoms with E-state index in [1.54, 1.807) is 19.5 Å². The van der Waals surface area contributed by atoms with Crippen molar-refractivity contribution in [1.82, 2.24) is 19.9 Å². The highest BCUT2D eigenvalue weighted by Gasteiger charge is 2.08. The van der Waals surface area contributed by atoms with Crippen LogP contribution < -0.4 is 10.1 Å². The second-order valence-corrected chi connectivity index (χ2v) is 6.22. The third-order valence-corrected chi connectivity index (χ3v) is 4.09. The zero-order chi connectivity index (χ0) is 20.1. The van der Waals surface area contributed by atoms with Gasteiger partial charge in [0.05, 0.1) is 13.3 Å². The highest BCUT2D eigenvalue weighted by molar-refractivity contribution is 5.67. The van der Waals surface area contributed by atoms with Crippen molar-refractivity contribution in [3.63, 3.8) is 0 Å². The maximum atomic E-state index is 5.82. The fourth-order valence-electron chi connectivity index (χ4n) is 2.63. The van der Waals surface area contributed by atoms with E-state index in [1.165, 1.54) is 0 Å². The molecule has 0 unspecified atom stereocenters. The summed E-state index contributed by atoms with van der Waals surface area (Å²) in [7, 11) is 1.64. The molecule has 3 aromatic heterocycles. The predicted molar refractivity (Wildman–Crippen MR) is 112 cm³/mol. The summed E-state index contributed by atoms with van der Waals surface area (Å²) in [5.41, 5.74) is 2.56. The van der Waals surface area contributed by atoms with Gasteiger partial charge in [-0.2, -0.15) is 0 Å². The average molecular weight is 385 g/mol. The van der Waals surface area contributed by atoms with E-state index in [0.29, 0.717) is 29.1 Å². The Bertz CT molecular complexity index is 1140. The second-order valence-electron chi connectivity index (χ2n) is 6.22. The summed E-state index contributed by atoms with van der Waals surface area (Å²) in [6.45, 7) is 1.91. The van der Waals surface area contributed by atoms with Crippen LogP contribution in [-0.4, -0.2) is 27.0 Å². The van der Waals surface area contributed by atoms with Gasteiger partial charge in [-0.15, -0.1) is 0 Å². The van der Waals surface area contributed by atoms with Gasteiger partial charge in [0, 0.05) is 18.0 Å². The van der Waals surface area contributed by atoms with Crippen molar-refractivity contribution in [1.29, 1.82) is 0 Å². The highest BCUT2D eigenvalue weighted by Crippen LogP contribution is 2.22. The number of benzene rings is 1. The molecule has 0 bridgehead atoms. The molecule has 0 aliphatic carbocycles. The van der Waals surface area contributed by atoms with Crippen molar-refractivity contribution >= 4 is 23.9 Å². The Hall–Kier alpha value is -4.00. The third-order valence-electron chi connectivity index (χ3n) is 4.09. The fraction of sp³-hybridized carbons (Fsp3) is 0.0909. The Morgan fingerprint density at radius 2 is 1.83 bits per heavy atom. The summed E-state index contributed by atoms with van der Waals surface area (Å²) in [5.74, 6) is 3.01. The number of oxazole rings is 1. The molecular formula is C22H19N5O2. The summed E-state index contributed by atoms with van der Waals surface area (Å²) >= 11 is 0. The number of pyridine rings is 1. The van der Waals surface area contributed by atoms with Gasteiger partial charge in [-0.05, 0) is 48.9 Å². The van der Waals surface area contributed by atoms with Crippen LogP contribution in [0.15, 0.2) is 65.3 Å². The van der Waals surface area contributed by atoms with Gasteiger partial charge in [0.1, 0.15) is 17.3 Å². The van der Waals surface area contributed by atoms with Gasteiger partial charge >= 0.3 is 0 Å². The first-order valence-corrected chi connectivity index (χ1v) is 9.02. The molecule has 0 saturated heterocycles. The molecule has 0 fully saturated rings. The van der Waals surface area contributed by atoms with Gasteiger partial charge in [-0.25, -0.2) is 19.9 Å². The molecule has 7 nitrogen and oxygen atoms in total. The lowest BCUT2D eigenvalue weighted by molar-refractivity contribution is 0.415. The lowest BCUT2D eigenvalue weighted by atomic mass is 10.2. The van der Waals surface area contributed by atoms with E-state index in [-0.39, 0.29) is 0 Å². The minimum Gasteiger partial charge on any atom is -0.497 e. The number of nitrogens with one attached hydrogen (secondary N) is 1. The van der Waals surface area contributed by atoms with Crippen molar-refractivity contribution in [3.05, 3.63) is 78.1 Å². The Morgan fingerprint density at radius 3 is 2.62 bits per heavy atom. The standard InChI is InChI=1S/C22H19N5O2/c1-15-12-13-23-22(25-15)27-20-5-3-4-18(26-20)19-14-24-21(29-19)11-8-16-6-9-17(28-2)10-7-16/h3-14H,1-2H3,(H,23,25,26,27). The molecule has 4 aromatic rings. The van der Waals surface area contributed by atoms with Gasteiger partial charge in [-0.1, -0.05) is 18.2 Å². The van der Waals surface area contributed by atoms with Crippen LogP contribution in [0.4, 0.5) is 11.8 Å². The van der Waals surface area contributed by atoms with E-state index in [2.05, 4.69) is 25.3 Å². The molecule has 29 heavy (non-hydrogen) atoms. The van der Waals surface area contributed by atoms with Crippen LogP contribution in [0.5, 0.6) is 5.75 Å². The number of methoxy groups -OCH3 is 1. The highest BCUT2D eigenvalue weighted by atomic mass is 16.5.